The zero-order valence-corrected chi connectivity index (χ0v) is 6.79. The van der Waals surface area contributed by atoms with Gasteiger partial charge in [-0.25, -0.2) is 0 Å². The molecule has 0 spiro atoms. The molecule has 0 aliphatic carbocycles. The number of primary amides is 1. The molecule has 0 rings (SSSR count). The highest BCUT2D eigenvalue weighted by molar-refractivity contribution is 5.80. The minimum absolute atomic E-state index is 0.126. The molecule has 0 aliphatic rings. The SMILES string of the molecule is CC(C)C(NCC#N)C(N)=O. The highest BCUT2D eigenvalue weighted by Crippen LogP contribution is 1.99. The van der Waals surface area contributed by atoms with E-state index < -0.39 is 11.9 Å². The van der Waals surface area contributed by atoms with Gasteiger partial charge in [-0.3, -0.25) is 10.1 Å². The molecule has 4 heteroatoms. The normalized spacial score (nSPS) is 12.5. The van der Waals surface area contributed by atoms with Crippen molar-refractivity contribution in [2.45, 2.75) is 19.9 Å². The molecule has 0 saturated heterocycles. The lowest BCUT2D eigenvalue weighted by Crippen LogP contribution is -2.45. The topological polar surface area (TPSA) is 78.9 Å². The number of hydrogen-bond acceptors (Lipinski definition) is 3. The van der Waals surface area contributed by atoms with E-state index in [9.17, 15) is 4.79 Å². The zero-order chi connectivity index (χ0) is 8.85. The molecule has 1 unspecified atom stereocenters. The van der Waals surface area contributed by atoms with Crippen molar-refractivity contribution in [2.75, 3.05) is 6.54 Å². The molecule has 1 amide bonds. The first kappa shape index (κ1) is 9.92. The molecule has 62 valence electrons. The number of hydrogen-bond donors (Lipinski definition) is 2. The monoisotopic (exact) mass is 155 g/mol. The quantitative estimate of drug-likeness (QED) is 0.542. The van der Waals surface area contributed by atoms with Crippen LogP contribution in [0.2, 0.25) is 0 Å². The summed E-state index contributed by atoms with van der Waals surface area (Å²) in [5.41, 5.74) is 5.07. The first-order chi connectivity index (χ1) is 5.09. The molecule has 0 aromatic heterocycles. The summed E-state index contributed by atoms with van der Waals surface area (Å²) < 4.78 is 0. The molecule has 0 bridgehead atoms. The molecule has 0 aromatic rings. The lowest BCUT2D eigenvalue weighted by molar-refractivity contribution is -0.120. The van der Waals surface area contributed by atoms with E-state index in [1.807, 2.05) is 19.9 Å². The van der Waals surface area contributed by atoms with Crippen molar-refractivity contribution in [2.24, 2.45) is 11.7 Å². The minimum atomic E-state index is -0.407. The summed E-state index contributed by atoms with van der Waals surface area (Å²) in [6.07, 6.45) is 0. The minimum Gasteiger partial charge on any atom is -0.368 e. The van der Waals surface area contributed by atoms with E-state index >= 15 is 0 Å². The summed E-state index contributed by atoms with van der Waals surface area (Å²) in [6, 6.07) is 1.50. The molecule has 0 aliphatic heterocycles. The Morgan fingerprint density at radius 1 is 1.73 bits per heavy atom. The van der Waals surface area contributed by atoms with Crippen molar-refractivity contribution in [3.8, 4) is 6.07 Å². The summed E-state index contributed by atoms with van der Waals surface area (Å²) in [5, 5.41) is 10.9. The van der Waals surface area contributed by atoms with Gasteiger partial charge in [0.2, 0.25) is 5.91 Å². The van der Waals surface area contributed by atoms with Gasteiger partial charge in [-0.15, -0.1) is 0 Å². The van der Waals surface area contributed by atoms with Crippen LogP contribution in [0.3, 0.4) is 0 Å². The van der Waals surface area contributed by atoms with E-state index in [1.165, 1.54) is 0 Å². The maximum absolute atomic E-state index is 10.7. The summed E-state index contributed by atoms with van der Waals surface area (Å²) in [7, 11) is 0. The molecule has 0 radical (unpaired) electrons. The second kappa shape index (κ2) is 4.69. The largest absolute Gasteiger partial charge is 0.368 e. The fraction of sp³-hybridized carbons (Fsp3) is 0.714. The number of carbonyl (C=O) groups excluding carboxylic acids is 1. The van der Waals surface area contributed by atoms with Gasteiger partial charge in [0.1, 0.15) is 0 Å². The highest BCUT2D eigenvalue weighted by Gasteiger charge is 2.17. The molecule has 0 fully saturated rings. The predicted molar refractivity (Wildman–Crippen MR) is 41.4 cm³/mol. The van der Waals surface area contributed by atoms with E-state index in [0.717, 1.165) is 0 Å². The van der Waals surface area contributed by atoms with E-state index in [2.05, 4.69) is 5.32 Å². The number of amides is 1. The summed E-state index contributed by atoms with van der Waals surface area (Å²) in [6.45, 7) is 3.91. The molecule has 0 saturated carbocycles. The van der Waals surface area contributed by atoms with Crippen LogP contribution in [0.5, 0.6) is 0 Å². The van der Waals surface area contributed by atoms with Gasteiger partial charge in [-0.2, -0.15) is 5.26 Å². The lowest BCUT2D eigenvalue weighted by atomic mass is 10.0. The van der Waals surface area contributed by atoms with Crippen LogP contribution >= 0.6 is 0 Å². The van der Waals surface area contributed by atoms with E-state index in [-0.39, 0.29) is 12.5 Å². The zero-order valence-electron chi connectivity index (χ0n) is 6.79. The summed E-state index contributed by atoms with van der Waals surface area (Å²) >= 11 is 0. The van der Waals surface area contributed by atoms with Crippen molar-refractivity contribution < 1.29 is 4.79 Å². The van der Waals surface area contributed by atoms with Gasteiger partial charge in [0.15, 0.2) is 0 Å². The number of nitriles is 1. The molecule has 4 nitrogen and oxygen atoms in total. The molecular formula is C7H13N3O. The third kappa shape index (κ3) is 3.58. The number of rotatable bonds is 4. The van der Waals surface area contributed by atoms with E-state index in [0.29, 0.717) is 0 Å². The third-order valence-electron chi connectivity index (χ3n) is 1.37. The maximum atomic E-state index is 10.7. The van der Waals surface area contributed by atoms with Crippen LogP contribution < -0.4 is 11.1 Å². The van der Waals surface area contributed by atoms with Crippen LogP contribution in [0.25, 0.3) is 0 Å². The smallest absolute Gasteiger partial charge is 0.234 e. The average Bonchev–Trinajstić information content (AvgIpc) is 1.87. The van der Waals surface area contributed by atoms with E-state index in [4.69, 9.17) is 11.0 Å². The van der Waals surface area contributed by atoms with E-state index in [1.54, 1.807) is 0 Å². The maximum Gasteiger partial charge on any atom is 0.234 e. The van der Waals surface area contributed by atoms with Gasteiger partial charge in [0.05, 0.1) is 18.7 Å². The Balaban J connectivity index is 3.92. The Bertz CT molecular complexity index is 171. The second-order valence-electron chi connectivity index (χ2n) is 2.66. The number of nitrogens with two attached hydrogens (primary N) is 1. The van der Waals surface area contributed by atoms with Crippen molar-refractivity contribution in [1.82, 2.24) is 5.32 Å². The van der Waals surface area contributed by atoms with Crippen LogP contribution in [0, 0.1) is 17.2 Å². The van der Waals surface area contributed by atoms with Crippen LogP contribution in [0.15, 0.2) is 0 Å². The first-order valence-electron chi connectivity index (χ1n) is 3.49. The highest BCUT2D eigenvalue weighted by atomic mass is 16.1. The molecular weight excluding hydrogens is 142 g/mol. The standard InChI is InChI=1S/C7H13N3O/c1-5(2)6(7(9)11)10-4-3-8/h5-6,10H,4H2,1-2H3,(H2,9,11). The van der Waals surface area contributed by atoms with Crippen molar-refractivity contribution in [3.05, 3.63) is 0 Å². The second-order valence-corrected chi connectivity index (χ2v) is 2.66. The van der Waals surface area contributed by atoms with Gasteiger partial charge >= 0.3 is 0 Å². The molecule has 0 heterocycles. The van der Waals surface area contributed by atoms with Gasteiger partial charge < -0.3 is 5.73 Å². The average molecular weight is 155 g/mol. The van der Waals surface area contributed by atoms with Crippen LogP contribution in [0.4, 0.5) is 0 Å². The van der Waals surface area contributed by atoms with Crippen molar-refractivity contribution in [3.63, 3.8) is 0 Å². The Labute approximate surface area is 66.4 Å². The van der Waals surface area contributed by atoms with Gasteiger partial charge in [0, 0.05) is 0 Å². The molecule has 0 aromatic carbocycles. The Morgan fingerprint density at radius 2 is 2.27 bits per heavy atom. The van der Waals surface area contributed by atoms with Gasteiger partial charge in [-0.05, 0) is 5.92 Å². The van der Waals surface area contributed by atoms with Gasteiger partial charge in [-0.1, -0.05) is 13.8 Å². The van der Waals surface area contributed by atoms with Crippen LogP contribution in [0.1, 0.15) is 13.8 Å². The number of carbonyl (C=O) groups is 1. The summed E-state index contributed by atoms with van der Waals surface area (Å²) in [5.74, 6) is -0.281. The molecule has 1 atom stereocenters. The Hall–Kier alpha value is -1.08. The third-order valence-corrected chi connectivity index (χ3v) is 1.37. The molecule has 3 N–H and O–H groups in total. The Morgan fingerprint density at radius 3 is 2.55 bits per heavy atom. The molecule has 11 heavy (non-hydrogen) atoms. The summed E-state index contributed by atoms with van der Waals surface area (Å²) in [4.78, 5) is 10.7. The van der Waals surface area contributed by atoms with Crippen molar-refractivity contribution in [1.29, 1.82) is 5.26 Å². The Kier molecular flexibility index (Phi) is 4.23. The predicted octanol–water partition coefficient (Wildman–Crippen LogP) is -0.391. The number of nitrogens with zero attached hydrogens (tertiary/aromatic N) is 1. The first-order valence-corrected chi connectivity index (χ1v) is 3.49. The van der Waals surface area contributed by atoms with Gasteiger partial charge in [0.25, 0.3) is 0 Å². The lowest BCUT2D eigenvalue weighted by Gasteiger charge is -2.16. The fourth-order valence-corrected chi connectivity index (χ4v) is 0.820. The fourth-order valence-electron chi connectivity index (χ4n) is 0.820. The van der Waals surface area contributed by atoms with Crippen LogP contribution in [-0.2, 0) is 4.79 Å². The number of nitrogens with one attached hydrogen (secondary N) is 1. The van der Waals surface area contributed by atoms with Crippen LogP contribution in [-0.4, -0.2) is 18.5 Å². The van der Waals surface area contributed by atoms with Crippen molar-refractivity contribution >= 4 is 5.91 Å².